The smallest absolute Gasteiger partial charge is 0.217 e. The van der Waals surface area contributed by atoms with Crippen molar-refractivity contribution in [2.24, 2.45) is 0 Å². The summed E-state index contributed by atoms with van der Waals surface area (Å²) in [7, 11) is 3.17. The van der Waals surface area contributed by atoms with Gasteiger partial charge in [0.2, 0.25) is 5.79 Å². The number of ether oxygens (including phenoxy) is 2. The number of methoxy groups -OCH3 is 2. The lowest BCUT2D eigenvalue weighted by Gasteiger charge is -2.32. The van der Waals surface area contributed by atoms with Crippen molar-refractivity contribution in [3.63, 3.8) is 0 Å². The third kappa shape index (κ3) is 2.74. The van der Waals surface area contributed by atoms with Gasteiger partial charge in [0, 0.05) is 24.8 Å². The van der Waals surface area contributed by atoms with Gasteiger partial charge in [-0.25, -0.2) is 0 Å². The standard InChI is InChI=1S/C10H11Br2ClO2/c1-14-10(15-2,9(11)12)7-4-3-5-8(13)6-7/h3-6,9H,1-2H3. The van der Waals surface area contributed by atoms with Crippen LogP contribution in [0.15, 0.2) is 24.3 Å². The summed E-state index contributed by atoms with van der Waals surface area (Å²) in [5, 5.41) is 0.645. The third-order valence-electron chi connectivity index (χ3n) is 2.12. The molecular weight excluding hydrogens is 347 g/mol. The molecule has 0 radical (unpaired) electrons. The van der Waals surface area contributed by atoms with Crippen LogP contribution in [0.5, 0.6) is 0 Å². The van der Waals surface area contributed by atoms with Gasteiger partial charge in [-0.3, -0.25) is 0 Å². The van der Waals surface area contributed by atoms with Crippen LogP contribution in [0.25, 0.3) is 0 Å². The molecule has 1 aromatic rings. The second-order valence-electron chi connectivity index (χ2n) is 2.89. The van der Waals surface area contributed by atoms with Gasteiger partial charge >= 0.3 is 0 Å². The first-order chi connectivity index (χ1) is 7.06. The topological polar surface area (TPSA) is 18.5 Å². The molecule has 5 heteroatoms. The molecule has 0 aliphatic carbocycles. The van der Waals surface area contributed by atoms with Crippen molar-refractivity contribution in [3.05, 3.63) is 34.9 Å². The molecular formula is C10H11Br2ClO2. The zero-order valence-electron chi connectivity index (χ0n) is 8.34. The highest BCUT2D eigenvalue weighted by atomic mass is 79.9. The van der Waals surface area contributed by atoms with Gasteiger partial charge in [0.15, 0.2) is 0 Å². The minimum atomic E-state index is -0.884. The minimum Gasteiger partial charge on any atom is -0.348 e. The Morgan fingerprint density at radius 2 is 1.87 bits per heavy atom. The summed E-state index contributed by atoms with van der Waals surface area (Å²) in [6, 6.07) is 7.36. The molecule has 0 saturated carbocycles. The second kappa shape index (κ2) is 5.64. The van der Waals surface area contributed by atoms with E-state index in [9.17, 15) is 0 Å². The Kier molecular flexibility index (Phi) is 5.06. The van der Waals surface area contributed by atoms with Crippen molar-refractivity contribution < 1.29 is 9.47 Å². The molecule has 0 saturated heterocycles. The molecule has 0 aliphatic rings. The third-order valence-corrected chi connectivity index (χ3v) is 3.56. The van der Waals surface area contributed by atoms with Gasteiger partial charge in [0.25, 0.3) is 0 Å². The average molecular weight is 358 g/mol. The summed E-state index contributed by atoms with van der Waals surface area (Å²) in [5.74, 6) is -0.884. The Labute approximate surface area is 111 Å². The quantitative estimate of drug-likeness (QED) is 0.600. The van der Waals surface area contributed by atoms with Crippen LogP contribution in [0.1, 0.15) is 5.56 Å². The maximum Gasteiger partial charge on any atom is 0.217 e. The molecule has 2 nitrogen and oxygen atoms in total. The Bertz CT molecular complexity index is 327. The molecule has 0 fully saturated rings. The number of rotatable bonds is 4. The predicted molar refractivity (Wildman–Crippen MR) is 68.8 cm³/mol. The number of hydrogen-bond donors (Lipinski definition) is 0. The molecule has 1 aromatic carbocycles. The average Bonchev–Trinajstić information content (AvgIpc) is 2.20. The molecule has 0 N–H and O–H groups in total. The zero-order chi connectivity index (χ0) is 11.5. The van der Waals surface area contributed by atoms with Crippen LogP contribution in [-0.4, -0.2) is 18.0 Å². The van der Waals surface area contributed by atoms with E-state index in [1.807, 2.05) is 18.2 Å². The van der Waals surface area contributed by atoms with Crippen LogP contribution in [-0.2, 0) is 15.3 Å². The first kappa shape index (κ1) is 13.5. The highest BCUT2D eigenvalue weighted by molar-refractivity contribution is 9.24. The van der Waals surface area contributed by atoms with Crippen LogP contribution >= 0.6 is 43.5 Å². The number of benzene rings is 1. The highest BCUT2D eigenvalue weighted by Crippen LogP contribution is 2.38. The van der Waals surface area contributed by atoms with E-state index in [0.717, 1.165) is 5.56 Å². The first-order valence-electron chi connectivity index (χ1n) is 4.21. The molecule has 15 heavy (non-hydrogen) atoms. The highest BCUT2D eigenvalue weighted by Gasteiger charge is 2.38. The van der Waals surface area contributed by atoms with Crippen LogP contribution in [0.3, 0.4) is 0 Å². The van der Waals surface area contributed by atoms with Gasteiger partial charge in [0.05, 0.1) is 0 Å². The van der Waals surface area contributed by atoms with Gasteiger partial charge < -0.3 is 9.47 Å². The number of hydrogen-bond acceptors (Lipinski definition) is 2. The predicted octanol–water partition coefficient (Wildman–Crippen LogP) is 3.90. The Balaban J connectivity index is 3.20. The fraction of sp³-hybridized carbons (Fsp3) is 0.400. The van der Waals surface area contributed by atoms with Crippen LogP contribution in [0.4, 0.5) is 0 Å². The summed E-state index contributed by atoms with van der Waals surface area (Å²) < 4.78 is 10.7. The Hall–Kier alpha value is 0.390. The van der Waals surface area contributed by atoms with Crippen molar-refractivity contribution in [3.8, 4) is 0 Å². The van der Waals surface area contributed by atoms with E-state index < -0.39 is 5.79 Å². The normalized spacial score (nSPS) is 12.1. The second-order valence-corrected chi connectivity index (χ2v) is 6.38. The molecule has 0 bridgehead atoms. The summed E-state index contributed by atoms with van der Waals surface area (Å²) in [5.41, 5.74) is 0.846. The van der Waals surface area contributed by atoms with Crippen molar-refractivity contribution >= 4 is 43.5 Å². The van der Waals surface area contributed by atoms with E-state index in [-0.39, 0.29) is 3.74 Å². The molecule has 84 valence electrons. The van der Waals surface area contributed by atoms with Gasteiger partial charge in [-0.15, -0.1) is 0 Å². The molecule has 0 spiro atoms. The summed E-state index contributed by atoms with van der Waals surface area (Å²) >= 11 is 12.7. The van der Waals surface area contributed by atoms with E-state index in [1.54, 1.807) is 20.3 Å². The molecule has 0 heterocycles. The Morgan fingerprint density at radius 3 is 2.27 bits per heavy atom. The largest absolute Gasteiger partial charge is 0.348 e. The molecule has 0 aromatic heterocycles. The van der Waals surface area contributed by atoms with Gasteiger partial charge in [-0.1, -0.05) is 55.6 Å². The SMILES string of the molecule is COC(OC)(c1cccc(Cl)c1)C(Br)Br. The summed E-state index contributed by atoms with van der Waals surface area (Å²) in [6.07, 6.45) is 0. The van der Waals surface area contributed by atoms with Gasteiger partial charge in [-0.05, 0) is 12.1 Å². The molecule has 0 amide bonds. The van der Waals surface area contributed by atoms with Crippen molar-refractivity contribution in [1.29, 1.82) is 0 Å². The minimum absolute atomic E-state index is 0.175. The van der Waals surface area contributed by atoms with Crippen LogP contribution in [0, 0.1) is 0 Å². The monoisotopic (exact) mass is 356 g/mol. The van der Waals surface area contributed by atoms with Crippen LogP contribution in [0.2, 0.25) is 5.02 Å². The Morgan fingerprint density at radius 1 is 1.27 bits per heavy atom. The van der Waals surface area contributed by atoms with E-state index in [4.69, 9.17) is 21.1 Å². The van der Waals surface area contributed by atoms with Gasteiger partial charge in [-0.2, -0.15) is 0 Å². The van der Waals surface area contributed by atoms with Gasteiger partial charge in [0.1, 0.15) is 3.74 Å². The fourth-order valence-electron chi connectivity index (χ4n) is 1.33. The maximum absolute atomic E-state index is 5.93. The van der Waals surface area contributed by atoms with Crippen LogP contribution < -0.4 is 0 Å². The number of halogens is 3. The maximum atomic E-state index is 5.93. The van der Waals surface area contributed by atoms with E-state index in [1.165, 1.54) is 0 Å². The molecule has 0 aliphatic heterocycles. The van der Waals surface area contributed by atoms with E-state index in [0.29, 0.717) is 5.02 Å². The van der Waals surface area contributed by atoms with Crippen molar-refractivity contribution in [2.45, 2.75) is 9.52 Å². The van der Waals surface area contributed by atoms with Crippen molar-refractivity contribution in [2.75, 3.05) is 14.2 Å². The van der Waals surface area contributed by atoms with Crippen molar-refractivity contribution in [1.82, 2.24) is 0 Å². The summed E-state index contributed by atoms with van der Waals surface area (Å²) in [6.45, 7) is 0. The first-order valence-corrected chi connectivity index (χ1v) is 6.42. The molecule has 0 unspecified atom stereocenters. The van der Waals surface area contributed by atoms with E-state index >= 15 is 0 Å². The number of alkyl halides is 2. The summed E-state index contributed by atoms with van der Waals surface area (Å²) in [4.78, 5) is 0. The lowest BCUT2D eigenvalue weighted by molar-refractivity contribution is -0.201. The molecule has 1 rings (SSSR count). The molecule has 0 atom stereocenters. The lowest BCUT2D eigenvalue weighted by atomic mass is 10.1. The lowest BCUT2D eigenvalue weighted by Crippen LogP contribution is -2.36. The van der Waals surface area contributed by atoms with E-state index in [2.05, 4.69) is 31.9 Å². The fourth-order valence-corrected chi connectivity index (χ4v) is 2.80. The zero-order valence-corrected chi connectivity index (χ0v) is 12.3.